The lowest BCUT2D eigenvalue weighted by Gasteiger charge is -2.06. The van der Waals surface area contributed by atoms with Crippen molar-refractivity contribution < 1.29 is 9.47 Å². The molecule has 18 heavy (non-hydrogen) atoms. The van der Waals surface area contributed by atoms with Gasteiger partial charge in [-0.3, -0.25) is 4.40 Å². The Labute approximate surface area is 108 Å². The van der Waals surface area contributed by atoms with Crippen LogP contribution in [0, 0.1) is 0 Å². The summed E-state index contributed by atoms with van der Waals surface area (Å²) in [6.45, 7) is 0. The predicted octanol–water partition coefficient (Wildman–Crippen LogP) is 3.08. The molecule has 1 aromatic carbocycles. The Balaban J connectivity index is 2.12. The zero-order chi connectivity index (χ0) is 12.5. The normalized spacial score (nSPS) is 10.8. The molecule has 5 heteroatoms. The van der Waals surface area contributed by atoms with Gasteiger partial charge in [0.25, 0.3) is 0 Å². The van der Waals surface area contributed by atoms with Gasteiger partial charge in [0.2, 0.25) is 0 Å². The van der Waals surface area contributed by atoms with Gasteiger partial charge >= 0.3 is 0 Å². The van der Waals surface area contributed by atoms with Crippen molar-refractivity contribution in [1.29, 1.82) is 0 Å². The van der Waals surface area contributed by atoms with E-state index in [0.29, 0.717) is 0 Å². The molecule has 0 spiro atoms. The number of benzene rings is 1. The summed E-state index contributed by atoms with van der Waals surface area (Å²) in [4.78, 5) is 5.54. The number of thiazole rings is 1. The van der Waals surface area contributed by atoms with Gasteiger partial charge in [-0.15, -0.1) is 11.3 Å². The molecule has 0 aliphatic rings. The molecule has 4 nitrogen and oxygen atoms in total. The Bertz CT molecular complexity index is 636. The number of fused-ring (bicyclic) bond motifs is 1. The zero-order valence-electron chi connectivity index (χ0n) is 10.1. The maximum atomic E-state index is 5.26. The number of methoxy groups -OCH3 is 2. The van der Waals surface area contributed by atoms with Gasteiger partial charge in [0.15, 0.2) is 4.96 Å². The Morgan fingerprint density at radius 3 is 2.44 bits per heavy atom. The lowest BCUT2D eigenvalue weighted by Crippen LogP contribution is -1.88. The van der Waals surface area contributed by atoms with E-state index in [0.717, 1.165) is 27.7 Å². The Kier molecular flexibility index (Phi) is 2.68. The molecule has 0 N–H and O–H groups in total. The average molecular weight is 260 g/mol. The van der Waals surface area contributed by atoms with Gasteiger partial charge in [-0.25, -0.2) is 4.98 Å². The fourth-order valence-corrected chi connectivity index (χ4v) is 2.52. The highest BCUT2D eigenvalue weighted by Crippen LogP contribution is 2.29. The van der Waals surface area contributed by atoms with E-state index in [2.05, 4.69) is 4.98 Å². The maximum Gasteiger partial charge on any atom is 0.194 e. The molecular weight excluding hydrogens is 248 g/mol. The molecule has 0 bridgehead atoms. The van der Waals surface area contributed by atoms with E-state index < -0.39 is 0 Å². The predicted molar refractivity (Wildman–Crippen MR) is 71.6 cm³/mol. The number of rotatable bonds is 3. The van der Waals surface area contributed by atoms with Crippen molar-refractivity contribution >= 4 is 16.3 Å². The summed E-state index contributed by atoms with van der Waals surface area (Å²) in [7, 11) is 3.29. The number of hydrogen-bond acceptors (Lipinski definition) is 4. The van der Waals surface area contributed by atoms with Crippen molar-refractivity contribution in [3.05, 3.63) is 36.0 Å². The van der Waals surface area contributed by atoms with Crippen LogP contribution >= 0.6 is 11.3 Å². The van der Waals surface area contributed by atoms with Crippen LogP contribution in [0.15, 0.2) is 36.0 Å². The zero-order valence-corrected chi connectivity index (χ0v) is 10.9. The average Bonchev–Trinajstić information content (AvgIpc) is 2.98. The number of imidazole rings is 1. The van der Waals surface area contributed by atoms with Crippen LogP contribution in [0.25, 0.3) is 16.2 Å². The first-order chi connectivity index (χ1) is 8.80. The SMILES string of the molecule is COc1cc(OC)cc(-c2cn3ccsc3n2)c1. The third kappa shape index (κ3) is 1.82. The van der Waals surface area contributed by atoms with Crippen LogP contribution in [0.5, 0.6) is 11.5 Å². The molecule has 0 aliphatic heterocycles. The van der Waals surface area contributed by atoms with E-state index >= 15 is 0 Å². The van der Waals surface area contributed by atoms with Crippen LogP contribution in [-0.4, -0.2) is 23.6 Å². The molecule has 92 valence electrons. The molecule has 0 fully saturated rings. The molecule has 0 saturated heterocycles. The first kappa shape index (κ1) is 11.1. The highest BCUT2D eigenvalue weighted by molar-refractivity contribution is 7.15. The van der Waals surface area contributed by atoms with Crippen molar-refractivity contribution in [2.24, 2.45) is 0 Å². The molecule has 0 amide bonds. The van der Waals surface area contributed by atoms with E-state index in [4.69, 9.17) is 9.47 Å². The topological polar surface area (TPSA) is 35.8 Å². The minimum Gasteiger partial charge on any atom is -0.497 e. The number of ether oxygens (including phenoxy) is 2. The smallest absolute Gasteiger partial charge is 0.194 e. The van der Waals surface area contributed by atoms with Crippen LogP contribution in [-0.2, 0) is 0 Å². The number of hydrogen-bond donors (Lipinski definition) is 0. The number of aromatic nitrogens is 2. The van der Waals surface area contributed by atoms with Crippen molar-refractivity contribution in [2.45, 2.75) is 0 Å². The van der Waals surface area contributed by atoms with Gasteiger partial charge in [0, 0.05) is 29.4 Å². The molecule has 3 aromatic rings. The van der Waals surface area contributed by atoms with Gasteiger partial charge in [0.05, 0.1) is 19.9 Å². The first-order valence-corrected chi connectivity index (χ1v) is 6.34. The second-order valence-corrected chi connectivity index (χ2v) is 4.69. The second kappa shape index (κ2) is 4.34. The molecule has 0 radical (unpaired) electrons. The van der Waals surface area contributed by atoms with Crippen molar-refractivity contribution in [2.75, 3.05) is 14.2 Å². The van der Waals surface area contributed by atoms with E-state index in [1.54, 1.807) is 25.6 Å². The summed E-state index contributed by atoms with van der Waals surface area (Å²) in [5, 5.41) is 2.01. The molecule has 0 unspecified atom stereocenters. The van der Waals surface area contributed by atoms with E-state index in [-0.39, 0.29) is 0 Å². The van der Waals surface area contributed by atoms with E-state index in [1.807, 2.05) is 40.4 Å². The lowest BCUT2D eigenvalue weighted by molar-refractivity contribution is 0.394. The van der Waals surface area contributed by atoms with Gasteiger partial charge in [0.1, 0.15) is 11.5 Å². The quantitative estimate of drug-likeness (QED) is 0.726. The maximum absolute atomic E-state index is 5.26. The lowest BCUT2D eigenvalue weighted by atomic mass is 10.1. The Morgan fingerprint density at radius 1 is 1.11 bits per heavy atom. The molecule has 0 aliphatic carbocycles. The summed E-state index contributed by atoms with van der Waals surface area (Å²) in [6.07, 6.45) is 3.99. The summed E-state index contributed by atoms with van der Waals surface area (Å²) in [5.41, 5.74) is 1.90. The molecule has 0 atom stereocenters. The molecule has 2 heterocycles. The summed E-state index contributed by atoms with van der Waals surface area (Å²) in [6, 6.07) is 5.76. The molecule has 3 rings (SSSR count). The van der Waals surface area contributed by atoms with Gasteiger partial charge in [-0.05, 0) is 12.1 Å². The van der Waals surface area contributed by atoms with Gasteiger partial charge in [-0.1, -0.05) is 0 Å². The largest absolute Gasteiger partial charge is 0.497 e. The minimum atomic E-state index is 0.765. The van der Waals surface area contributed by atoms with Gasteiger partial charge < -0.3 is 9.47 Å². The molecule has 0 saturated carbocycles. The summed E-state index contributed by atoms with van der Waals surface area (Å²) < 4.78 is 12.5. The van der Waals surface area contributed by atoms with E-state index in [9.17, 15) is 0 Å². The van der Waals surface area contributed by atoms with Crippen LogP contribution in [0.2, 0.25) is 0 Å². The standard InChI is InChI=1S/C13H12N2O2S/c1-16-10-5-9(6-11(7-10)17-2)12-8-15-3-4-18-13(15)14-12/h3-8H,1-2H3. The Morgan fingerprint density at radius 2 is 1.83 bits per heavy atom. The number of nitrogens with zero attached hydrogens (tertiary/aromatic N) is 2. The van der Waals surface area contributed by atoms with Crippen LogP contribution in [0.4, 0.5) is 0 Å². The molecular formula is C13H12N2O2S. The van der Waals surface area contributed by atoms with E-state index in [1.165, 1.54) is 0 Å². The molecule has 2 aromatic heterocycles. The third-order valence-electron chi connectivity index (χ3n) is 2.74. The van der Waals surface area contributed by atoms with Crippen molar-refractivity contribution in [1.82, 2.24) is 9.38 Å². The minimum absolute atomic E-state index is 0.765. The van der Waals surface area contributed by atoms with Crippen molar-refractivity contribution in [3.63, 3.8) is 0 Å². The monoisotopic (exact) mass is 260 g/mol. The fourth-order valence-electron chi connectivity index (χ4n) is 1.82. The third-order valence-corrected chi connectivity index (χ3v) is 3.51. The highest BCUT2D eigenvalue weighted by Gasteiger charge is 2.08. The Hall–Kier alpha value is -2.01. The van der Waals surface area contributed by atoms with Gasteiger partial charge in [-0.2, -0.15) is 0 Å². The fraction of sp³-hybridized carbons (Fsp3) is 0.154. The second-order valence-electron chi connectivity index (χ2n) is 3.82. The van der Waals surface area contributed by atoms with Crippen LogP contribution in [0.3, 0.4) is 0 Å². The summed E-state index contributed by atoms with van der Waals surface area (Å²) >= 11 is 1.61. The van der Waals surface area contributed by atoms with Crippen LogP contribution < -0.4 is 9.47 Å². The highest BCUT2D eigenvalue weighted by atomic mass is 32.1. The van der Waals surface area contributed by atoms with Crippen molar-refractivity contribution in [3.8, 4) is 22.8 Å². The van der Waals surface area contributed by atoms with Crippen LogP contribution in [0.1, 0.15) is 0 Å². The first-order valence-electron chi connectivity index (χ1n) is 5.46. The summed E-state index contributed by atoms with van der Waals surface area (Å²) in [5.74, 6) is 1.53.